The Kier molecular flexibility index (Phi) is 3.94. The average molecular weight is 185 g/mol. The first-order valence-corrected chi connectivity index (χ1v) is 4.87. The molecule has 0 spiro atoms. The molecular weight excluding hydrogens is 170 g/mol. The molecule has 0 aliphatic heterocycles. The number of nitrogens with zero attached hydrogens (tertiary/aromatic N) is 1. The highest BCUT2D eigenvalue weighted by Crippen LogP contribution is 2.25. The van der Waals surface area contributed by atoms with Crippen LogP contribution in [0.1, 0.15) is 25.3 Å². The zero-order valence-corrected chi connectivity index (χ0v) is 8.64. The Morgan fingerprint density at radius 3 is 2.36 bits per heavy atom. The van der Waals surface area contributed by atoms with Crippen molar-refractivity contribution in [1.29, 1.82) is 5.26 Å². The lowest BCUT2D eigenvalue weighted by Gasteiger charge is -2.16. The molecule has 1 aromatic carbocycles. The van der Waals surface area contributed by atoms with Crippen molar-refractivity contribution in [1.82, 2.24) is 0 Å². The fourth-order valence-corrected chi connectivity index (χ4v) is 1.54. The van der Waals surface area contributed by atoms with Crippen molar-refractivity contribution in [3.8, 4) is 6.07 Å². The molecular formula is C13H15N. The standard InChI is InChI=1S/C13H15N/c1-11(2)13(9-6-10-14)12-7-4-3-5-8-12/h3-9,11,13H,1-2H3/b9-6-. The van der Waals surface area contributed by atoms with Crippen LogP contribution >= 0.6 is 0 Å². The van der Waals surface area contributed by atoms with Crippen LogP contribution in [0.15, 0.2) is 42.5 Å². The minimum absolute atomic E-state index is 0.343. The third kappa shape index (κ3) is 2.74. The zero-order chi connectivity index (χ0) is 10.4. The molecule has 1 rings (SSSR count). The van der Waals surface area contributed by atoms with Gasteiger partial charge in [-0.15, -0.1) is 0 Å². The summed E-state index contributed by atoms with van der Waals surface area (Å²) in [6.45, 7) is 4.33. The summed E-state index contributed by atoms with van der Waals surface area (Å²) in [4.78, 5) is 0. The number of hydrogen-bond acceptors (Lipinski definition) is 1. The van der Waals surface area contributed by atoms with Crippen molar-refractivity contribution in [3.63, 3.8) is 0 Å². The Morgan fingerprint density at radius 1 is 1.21 bits per heavy atom. The maximum Gasteiger partial charge on any atom is 0.0908 e. The van der Waals surface area contributed by atoms with E-state index < -0.39 is 0 Å². The van der Waals surface area contributed by atoms with E-state index in [0.29, 0.717) is 11.8 Å². The highest BCUT2D eigenvalue weighted by atomic mass is 14.2. The van der Waals surface area contributed by atoms with Gasteiger partial charge in [0.05, 0.1) is 6.07 Å². The van der Waals surface area contributed by atoms with Crippen LogP contribution in [0.5, 0.6) is 0 Å². The van der Waals surface area contributed by atoms with E-state index in [9.17, 15) is 0 Å². The Balaban J connectivity index is 2.90. The van der Waals surface area contributed by atoms with Crippen LogP contribution in [0.3, 0.4) is 0 Å². The molecule has 0 N–H and O–H groups in total. The Hall–Kier alpha value is -1.55. The predicted octanol–water partition coefficient (Wildman–Crippen LogP) is 3.51. The molecule has 0 amide bonds. The van der Waals surface area contributed by atoms with Crippen LogP contribution in [0.2, 0.25) is 0 Å². The van der Waals surface area contributed by atoms with Gasteiger partial charge in [-0.3, -0.25) is 0 Å². The summed E-state index contributed by atoms with van der Waals surface area (Å²) in [6.07, 6.45) is 3.54. The third-order valence-corrected chi connectivity index (χ3v) is 2.28. The second-order valence-corrected chi connectivity index (χ2v) is 3.67. The van der Waals surface area contributed by atoms with Crippen LogP contribution in [0.4, 0.5) is 0 Å². The number of nitriles is 1. The molecule has 0 heterocycles. The number of allylic oxidation sites excluding steroid dienone is 2. The summed E-state index contributed by atoms with van der Waals surface area (Å²) in [5.74, 6) is 0.859. The first kappa shape index (κ1) is 10.5. The second-order valence-electron chi connectivity index (χ2n) is 3.67. The summed E-state index contributed by atoms with van der Waals surface area (Å²) in [5, 5.41) is 8.51. The second kappa shape index (κ2) is 5.24. The molecule has 0 bridgehead atoms. The summed E-state index contributed by atoms with van der Waals surface area (Å²) in [6, 6.07) is 12.3. The minimum Gasteiger partial charge on any atom is -0.193 e. The van der Waals surface area contributed by atoms with Crippen LogP contribution in [-0.4, -0.2) is 0 Å². The van der Waals surface area contributed by atoms with Crippen LogP contribution < -0.4 is 0 Å². The number of rotatable bonds is 3. The topological polar surface area (TPSA) is 23.8 Å². The van der Waals surface area contributed by atoms with E-state index in [2.05, 4.69) is 26.0 Å². The van der Waals surface area contributed by atoms with Crippen molar-refractivity contribution in [2.75, 3.05) is 0 Å². The monoisotopic (exact) mass is 185 g/mol. The molecule has 14 heavy (non-hydrogen) atoms. The SMILES string of the molecule is CC(C)C(/C=C\C#N)c1ccccc1. The van der Waals surface area contributed by atoms with Gasteiger partial charge in [-0.2, -0.15) is 5.26 Å². The lowest BCUT2D eigenvalue weighted by molar-refractivity contribution is 0.578. The maximum atomic E-state index is 8.51. The van der Waals surface area contributed by atoms with Gasteiger partial charge in [0.1, 0.15) is 0 Å². The van der Waals surface area contributed by atoms with Crippen LogP contribution in [0, 0.1) is 17.2 Å². The third-order valence-electron chi connectivity index (χ3n) is 2.28. The predicted molar refractivity (Wildman–Crippen MR) is 58.8 cm³/mol. The molecule has 1 unspecified atom stereocenters. The highest BCUT2D eigenvalue weighted by Gasteiger charge is 2.11. The highest BCUT2D eigenvalue weighted by molar-refractivity contribution is 5.25. The molecule has 0 aliphatic carbocycles. The van der Waals surface area contributed by atoms with Crippen molar-refractivity contribution in [3.05, 3.63) is 48.0 Å². The maximum absolute atomic E-state index is 8.51. The van der Waals surface area contributed by atoms with Gasteiger partial charge < -0.3 is 0 Å². The van der Waals surface area contributed by atoms with E-state index in [-0.39, 0.29) is 0 Å². The summed E-state index contributed by atoms with van der Waals surface area (Å²) in [5.41, 5.74) is 1.27. The molecule has 0 fully saturated rings. The van der Waals surface area contributed by atoms with E-state index in [4.69, 9.17) is 5.26 Å². The first-order chi connectivity index (χ1) is 6.75. The quantitative estimate of drug-likeness (QED) is 0.661. The largest absolute Gasteiger partial charge is 0.193 e. The van der Waals surface area contributed by atoms with E-state index in [1.165, 1.54) is 5.56 Å². The van der Waals surface area contributed by atoms with E-state index >= 15 is 0 Å². The first-order valence-electron chi connectivity index (χ1n) is 4.87. The molecule has 0 aromatic heterocycles. The number of benzene rings is 1. The Morgan fingerprint density at radius 2 is 1.86 bits per heavy atom. The number of hydrogen-bond donors (Lipinski definition) is 0. The molecule has 1 nitrogen and oxygen atoms in total. The molecule has 1 atom stereocenters. The molecule has 72 valence electrons. The molecule has 0 aliphatic rings. The summed E-state index contributed by atoms with van der Waals surface area (Å²) >= 11 is 0. The smallest absolute Gasteiger partial charge is 0.0908 e. The Bertz CT molecular complexity index is 330. The molecule has 1 heteroatoms. The molecule has 0 saturated carbocycles. The lowest BCUT2D eigenvalue weighted by atomic mass is 9.88. The zero-order valence-electron chi connectivity index (χ0n) is 8.64. The average Bonchev–Trinajstić information content (AvgIpc) is 2.19. The van der Waals surface area contributed by atoms with Crippen LogP contribution in [-0.2, 0) is 0 Å². The van der Waals surface area contributed by atoms with Crippen LogP contribution in [0.25, 0.3) is 0 Å². The van der Waals surface area contributed by atoms with E-state index in [1.54, 1.807) is 6.08 Å². The minimum atomic E-state index is 0.343. The normalized spacial score (nSPS) is 13.0. The molecule has 0 radical (unpaired) electrons. The molecule has 1 aromatic rings. The Labute approximate surface area is 85.7 Å². The van der Waals surface area contributed by atoms with Crippen molar-refractivity contribution >= 4 is 0 Å². The van der Waals surface area contributed by atoms with E-state index in [1.807, 2.05) is 30.3 Å². The molecule has 0 saturated heterocycles. The van der Waals surface area contributed by atoms with Gasteiger partial charge in [-0.25, -0.2) is 0 Å². The van der Waals surface area contributed by atoms with Gasteiger partial charge >= 0.3 is 0 Å². The van der Waals surface area contributed by atoms with Gasteiger partial charge in [0, 0.05) is 12.0 Å². The summed E-state index contributed by atoms with van der Waals surface area (Å²) in [7, 11) is 0. The van der Waals surface area contributed by atoms with Gasteiger partial charge in [-0.05, 0) is 11.5 Å². The fourth-order valence-electron chi connectivity index (χ4n) is 1.54. The summed E-state index contributed by atoms with van der Waals surface area (Å²) < 4.78 is 0. The van der Waals surface area contributed by atoms with Crippen molar-refractivity contribution in [2.45, 2.75) is 19.8 Å². The van der Waals surface area contributed by atoms with E-state index in [0.717, 1.165) is 0 Å². The van der Waals surface area contributed by atoms with Gasteiger partial charge in [0.2, 0.25) is 0 Å². The van der Waals surface area contributed by atoms with Crippen molar-refractivity contribution in [2.24, 2.45) is 5.92 Å². The fraction of sp³-hybridized carbons (Fsp3) is 0.308. The lowest BCUT2D eigenvalue weighted by Crippen LogP contribution is -2.03. The van der Waals surface area contributed by atoms with Gasteiger partial charge in [0.15, 0.2) is 0 Å². The van der Waals surface area contributed by atoms with Gasteiger partial charge in [0.25, 0.3) is 0 Å². The van der Waals surface area contributed by atoms with Gasteiger partial charge in [-0.1, -0.05) is 50.3 Å². The van der Waals surface area contributed by atoms with Crippen molar-refractivity contribution < 1.29 is 0 Å².